The standard InChI is InChI=1S/C23H23IN2O5/c1-4-5-10-30-21-18(24)11-15(13-20(21)29-3)12-19-23(28)31-22(26-19)16-6-8-17(9-7-16)25-14(2)27/h6-9,11-13H,4-5,10H2,1-3H3,(H,25,27)/b19-12-. The number of halogens is 1. The van der Waals surface area contributed by atoms with Crippen molar-refractivity contribution in [2.24, 2.45) is 4.99 Å². The van der Waals surface area contributed by atoms with Gasteiger partial charge < -0.3 is 19.5 Å². The van der Waals surface area contributed by atoms with Crippen LogP contribution in [0, 0.1) is 3.57 Å². The Labute approximate surface area is 194 Å². The van der Waals surface area contributed by atoms with Gasteiger partial charge in [-0.3, -0.25) is 4.79 Å². The van der Waals surface area contributed by atoms with Crippen molar-refractivity contribution in [3.8, 4) is 11.5 Å². The topological polar surface area (TPSA) is 86.2 Å². The summed E-state index contributed by atoms with van der Waals surface area (Å²) in [5.74, 6) is 0.814. The third-order valence-electron chi connectivity index (χ3n) is 4.37. The van der Waals surface area contributed by atoms with Crippen LogP contribution in [0.5, 0.6) is 11.5 Å². The first-order valence-electron chi connectivity index (χ1n) is 9.82. The Morgan fingerprint density at radius 2 is 2.00 bits per heavy atom. The predicted octanol–water partition coefficient (Wildman–Crippen LogP) is 4.78. The van der Waals surface area contributed by atoms with Crippen LogP contribution in [-0.4, -0.2) is 31.5 Å². The van der Waals surface area contributed by atoms with E-state index >= 15 is 0 Å². The highest BCUT2D eigenvalue weighted by molar-refractivity contribution is 14.1. The van der Waals surface area contributed by atoms with Gasteiger partial charge in [0.1, 0.15) is 0 Å². The van der Waals surface area contributed by atoms with Gasteiger partial charge in [0, 0.05) is 18.2 Å². The lowest BCUT2D eigenvalue weighted by Crippen LogP contribution is -2.07. The van der Waals surface area contributed by atoms with E-state index in [0.717, 1.165) is 22.0 Å². The van der Waals surface area contributed by atoms with Gasteiger partial charge in [-0.15, -0.1) is 0 Å². The van der Waals surface area contributed by atoms with Crippen molar-refractivity contribution < 1.29 is 23.8 Å². The number of carbonyl (C=O) groups excluding carboxylic acids is 2. The van der Waals surface area contributed by atoms with Crippen LogP contribution in [0.3, 0.4) is 0 Å². The summed E-state index contributed by atoms with van der Waals surface area (Å²) in [6.07, 6.45) is 3.66. The lowest BCUT2D eigenvalue weighted by Gasteiger charge is -2.13. The fourth-order valence-corrected chi connectivity index (χ4v) is 3.65. The van der Waals surface area contributed by atoms with Crippen LogP contribution < -0.4 is 14.8 Å². The third kappa shape index (κ3) is 5.84. The van der Waals surface area contributed by atoms with Crippen molar-refractivity contribution >= 4 is 52.1 Å². The van der Waals surface area contributed by atoms with E-state index in [1.54, 1.807) is 43.5 Å². The van der Waals surface area contributed by atoms with Gasteiger partial charge in [0.2, 0.25) is 11.8 Å². The molecule has 3 rings (SSSR count). The van der Waals surface area contributed by atoms with Crippen LogP contribution in [-0.2, 0) is 14.3 Å². The molecule has 1 aliphatic rings. The molecule has 1 aliphatic heterocycles. The molecule has 0 aliphatic carbocycles. The minimum absolute atomic E-state index is 0.158. The zero-order valence-electron chi connectivity index (χ0n) is 17.5. The molecule has 1 N–H and O–H groups in total. The highest BCUT2D eigenvalue weighted by Crippen LogP contribution is 2.35. The molecular formula is C23H23IN2O5. The molecule has 31 heavy (non-hydrogen) atoms. The number of unbranched alkanes of at least 4 members (excludes halogenated alkanes) is 1. The fraction of sp³-hybridized carbons (Fsp3) is 0.261. The molecule has 2 aromatic carbocycles. The number of amides is 1. The van der Waals surface area contributed by atoms with E-state index in [0.29, 0.717) is 29.4 Å². The van der Waals surface area contributed by atoms with E-state index in [4.69, 9.17) is 14.2 Å². The maximum atomic E-state index is 12.3. The number of ether oxygens (including phenoxy) is 3. The van der Waals surface area contributed by atoms with Crippen molar-refractivity contribution in [1.82, 2.24) is 0 Å². The van der Waals surface area contributed by atoms with E-state index in [2.05, 4.69) is 39.8 Å². The summed E-state index contributed by atoms with van der Waals surface area (Å²) in [4.78, 5) is 27.8. The van der Waals surface area contributed by atoms with E-state index in [9.17, 15) is 9.59 Å². The molecular weight excluding hydrogens is 511 g/mol. The first-order valence-corrected chi connectivity index (χ1v) is 10.9. The van der Waals surface area contributed by atoms with Crippen LogP contribution >= 0.6 is 22.6 Å². The minimum Gasteiger partial charge on any atom is -0.493 e. The Morgan fingerprint density at radius 1 is 1.26 bits per heavy atom. The summed E-state index contributed by atoms with van der Waals surface area (Å²) >= 11 is 2.19. The monoisotopic (exact) mass is 534 g/mol. The van der Waals surface area contributed by atoms with Gasteiger partial charge in [-0.25, -0.2) is 9.79 Å². The minimum atomic E-state index is -0.529. The van der Waals surface area contributed by atoms with E-state index in [-0.39, 0.29) is 17.5 Å². The summed E-state index contributed by atoms with van der Waals surface area (Å²) in [5, 5.41) is 2.69. The second kappa shape index (κ2) is 10.4. The Kier molecular flexibility index (Phi) is 7.67. The fourth-order valence-electron chi connectivity index (χ4n) is 2.87. The van der Waals surface area contributed by atoms with Gasteiger partial charge in [0.05, 0.1) is 17.3 Å². The van der Waals surface area contributed by atoms with Gasteiger partial charge in [-0.1, -0.05) is 13.3 Å². The Bertz CT molecular complexity index is 1040. The maximum absolute atomic E-state index is 12.3. The second-order valence-corrected chi connectivity index (χ2v) is 7.99. The normalized spacial score (nSPS) is 14.3. The van der Waals surface area contributed by atoms with E-state index < -0.39 is 5.97 Å². The van der Waals surface area contributed by atoms with Crippen LogP contribution in [0.25, 0.3) is 6.08 Å². The Morgan fingerprint density at radius 3 is 2.65 bits per heavy atom. The molecule has 2 aromatic rings. The number of methoxy groups -OCH3 is 1. The van der Waals surface area contributed by atoms with E-state index in [1.807, 2.05) is 6.07 Å². The SMILES string of the molecule is CCCCOc1c(I)cc(/C=C2\N=C(c3ccc(NC(C)=O)cc3)OC2=O)cc1OC. The first-order chi connectivity index (χ1) is 14.9. The zero-order valence-corrected chi connectivity index (χ0v) is 19.7. The number of esters is 1. The molecule has 1 amide bonds. The molecule has 0 unspecified atom stereocenters. The van der Waals surface area contributed by atoms with Crippen molar-refractivity contribution in [2.75, 3.05) is 19.0 Å². The quantitative estimate of drug-likeness (QED) is 0.228. The van der Waals surface area contributed by atoms with Crippen LogP contribution in [0.2, 0.25) is 0 Å². The van der Waals surface area contributed by atoms with Crippen molar-refractivity contribution in [2.45, 2.75) is 26.7 Å². The van der Waals surface area contributed by atoms with Crippen molar-refractivity contribution in [3.05, 3.63) is 56.8 Å². The van der Waals surface area contributed by atoms with Crippen molar-refractivity contribution in [1.29, 1.82) is 0 Å². The summed E-state index contributed by atoms with van der Waals surface area (Å²) in [5.41, 5.74) is 2.23. The largest absolute Gasteiger partial charge is 0.493 e. The maximum Gasteiger partial charge on any atom is 0.363 e. The van der Waals surface area contributed by atoms with Crippen LogP contribution in [0.4, 0.5) is 5.69 Å². The smallest absolute Gasteiger partial charge is 0.363 e. The number of benzene rings is 2. The molecule has 0 saturated heterocycles. The first kappa shape index (κ1) is 22.8. The van der Waals surface area contributed by atoms with Gasteiger partial charge in [0.15, 0.2) is 17.2 Å². The molecule has 8 heteroatoms. The van der Waals surface area contributed by atoms with Crippen LogP contribution in [0.1, 0.15) is 37.8 Å². The average Bonchev–Trinajstić information content (AvgIpc) is 3.09. The number of nitrogens with zero attached hydrogens (tertiary/aromatic N) is 1. The second-order valence-electron chi connectivity index (χ2n) is 6.83. The lowest BCUT2D eigenvalue weighted by atomic mass is 10.1. The van der Waals surface area contributed by atoms with Gasteiger partial charge in [0.25, 0.3) is 0 Å². The molecule has 0 saturated carbocycles. The zero-order chi connectivity index (χ0) is 22.4. The number of aliphatic imine (C=N–C) groups is 1. The molecule has 1 heterocycles. The number of nitrogens with one attached hydrogen (secondary N) is 1. The molecule has 0 aromatic heterocycles. The van der Waals surface area contributed by atoms with Gasteiger partial charge in [-0.05, 0) is 77.0 Å². The lowest BCUT2D eigenvalue weighted by molar-refractivity contribution is -0.129. The van der Waals surface area contributed by atoms with Gasteiger partial charge >= 0.3 is 5.97 Å². The number of rotatable bonds is 8. The third-order valence-corrected chi connectivity index (χ3v) is 5.17. The summed E-state index contributed by atoms with van der Waals surface area (Å²) in [7, 11) is 1.58. The number of carbonyl (C=O) groups is 2. The highest BCUT2D eigenvalue weighted by Gasteiger charge is 2.24. The van der Waals surface area contributed by atoms with E-state index in [1.165, 1.54) is 6.92 Å². The van der Waals surface area contributed by atoms with Crippen LogP contribution in [0.15, 0.2) is 47.1 Å². The molecule has 162 valence electrons. The Hall–Kier alpha value is -2.88. The van der Waals surface area contributed by atoms with Crippen molar-refractivity contribution in [3.63, 3.8) is 0 Å². The molecule has 0 bridgehead atoms. The summed E-state index contributed by atoms with van der Waals surface area (Å²) in [6, 6.07) is 10.6. The molecule has 0 spiro atoms. The molecule has 7 nitrogen and oxygen atoms in total. The Balaban J connectivity index is 1.84. The number of anilines is 1. The predicted molar refractivity (Wildman–Crippen MR) is 127 cm³/mol. The van der Waals surface area contributed by atoms with Gasteiger partial charge in [-0.2, -0.15) is 0 Å². The number of hydrogen-bond acceptors (Lipinski definition) is 6. The summed E-state index contributed by atoms with van der Waals surface area (Å²) in [6.45, 7) is 4.16. The molecule has 0 atom stereocenters. The average molecular weight is 534 g/mol. The molecule has 0 fully saturated rings. The molecule has 0 radical (unpaired) electrons. The highest BCUT2D eigenvalue weighted by atomic mass is 127. The number of hydrogen-bond donors (Lipinski definition) is 1. The number of cyclic esters (lactones) is 1. The summed E-state index contributed by atoms with van der Waals surface area (Å²) < 4.78 is 17.5.